The van der Waals surface area contributed by atoms with Crippen molar-refractivity contribution in [3.63, 3.8) is 0 Å². The summed E-state index contributed by atoms with van der Waals surface area (Å²) >= 11 is 11.5. The van der Waals surface area contributed by atoms with Gasteiger partial charge in [0.1, 0.15) is 0 Å². The van der Waals surface area contributed by atoms with Gasteiger partial charge in [0.15, 0.2) is 11.0 Å². The van der Waals surface area contributed by atoms with E-state index >= 15 is 0 Å². The molecule has 0 radical (unpaired) electrons. The first kappa shape index (κ1) is 10.9. The third-order valence-corrected chi connectivity index (χ3v) is 2.85. The molecule has 1 aromatic rings. The van der Waals surface area contributed by atoms with Crippen molar-refractivity contribution in [2.75, 3.05) is 25.1 Å². The van der Waals surface area contributed by atoms with E-state index in [0.717, 1.165) is 13.1 Å². The number of nitrogens with zero attached hydrogens (tertiary/aromatic N) is 4. The van der Waals surface area contributed by atoms with Crippen LogP contribution in [0.2, 0.25) is 10.4 Å². The van der Waals surface area contributed by atoms with Gasteiger partial charge in [0.2, 0.25) is 5.28 Å². The van der Waals surface area contributed by atoms with Crippen molar-refractivity contribution in [1.82, 2.24) is 15.2 Å². The van der Waals surface area contributed by atoms with E-state index in [-0.39, 0.29) is 16.0 Å². The fourth-order valence-corrected chi connectivity index (χ4v) is 1.84. The highest BCUT2D eigenvalue weighted by Crippen LogP contribution is 2.31. The minimum absolute atomic E-state index is 0.0976. The lowest BCUT2D eigenvalue weighted by Crippen LogP contribution is -2.61. The van der Waals surface area contributed by atoms with Crippen LogP contribution in [0.5, 0.6) is 0 Å². The van der Waals surface area contributed by atoms with Gasteiger partial charge in [-0.1, -0.05) is 11.6 Å². The minimum Gasteiger partial charge on any atom is -0.375 e. The molecule has 1 aliphatic rings. The molecule has 82 valence electrons. The Kier molecular flexibility index (Phi) is 2.70. The molecule has 1 aliphatic heterocycles. The van der Waals surface area contributed by atoms with Gasteiger partial charge in [0.25, 0.3) is 0 Å². The van der Waals surface area contributed by atoms with E-state index in [0.29, 0.717) is 5.82 Å². The van der Waals surface area contributed by atoms with Crippen LogP contribution in [0.3, 0.4) is 0 Å². The molecule has 0 N–H and O–H groups in total. The summed E-state index contributed by atoms with van der Waals surface area (Å²) in [6, 6.07) is 0. The van der Waals surface area contributed by atoms with E-state index in [9.17, 15) is 0 Å². The molecule has 1 saturated heterocycles. The Labute approximate surface area is 97.4 Å². The predicted molar refractivity (Wildman–Crippen MR) is 57.5 cm³/mol. The number of aromatic nitrogens is 3. The van der Waals surface area contributed by atoms with Gasteiger partial charge < -0.3 is 9.64 Å². The van der Waals surface area contributed by atoms with E-state index in [1.54, 1.807) is 7.11 Å². The number of methoxy groups -OCH3 is 1. The van der Waals surface area contributed by atoms with Crippen LogP contribution in [0.25, 0.3) is 0 Å². The lowest BCUT2D eigenvalue weighted by atomic mass is 9.97. The van der Waals surface area contributed by atoms with Crippen molar-refractivity contribution in [3.8, 4) is 0 Å². The van der Waals surface area contributed by atoms with Gasteiger partial charge in [-0.2, -0.15) is 4.98 Å². The van der Waals surface area contributed by atoms with Crippen LogP contribution in [0.4, 0.5) is 5.82 Å². The molecular weight excluding hydrogens is 239 g/mol. The molecule has 15 heavy (non-hydrogen) atoms. The van der Waals surface area contributed by atoms with Gasteiger partial charge in [-0.05, 0) is 18.5 Å². The zero-order chi connectivity index (χ0) is 11.1. The Morgan fingerprint density at radius 1 is 1.33 bits per heavy atom. The topological polar surface area (TPSA) is 51.1 Å². The average molecular weight is 249 g/mol. The Hall–Kier alpha value is -0.650. The van der Waals surface area contributed by atoms with Gasteiger partial charge in [0.05, 0.1) is 18.7 Å². The number of anilines is 1. The number of hydrogen-bond acceptors (Lipinski definition) is 5. The van der Waals surface area contributed by atoms with Gasteiger partial charge in [-0.15, -0.1) is 10.2 Å². The standard InChI is InChI=1S/C8H10Cl2N4O/c1-8(15-2)3-14(4-8)6-5(9)12-13-7(10)11-6/h3-4H2,1-2H3. The van der Waals surface area contributed by atoms with Crippen LogP contribution >= 0.6 is 23.2 Å². The number of halogens is 2. The molecule has 1 aromatic heterocycles. The number of ether oxygens (including phenoxy) is 1. The molecule has 0 bridgehead atoms. The zero-order valence-electron chi connectivity index (χ0n) is 8.37. The lowest BCUT2D eigenvalue weighted by molar-refractivity contribution is -0.0171. The molecule has 1 fully saturated rings. The molecule has 2 heterocycles. The van der Waals surface area contributed by atoms with Crippen molar-refractivity contribution < 1.29 is 4.74 Å². The lowest BCUT2D eigenvalue weighted by Gasteiger charge is -2.47. The van der Waals surface area contributed by atoms with E-state index < -0.39 is 0 Å². The highest BCUT2D eigenvalue weighted by atomic mass is 35.5. The molecule has 0 spiro atoms. The molecule has 0 amide bonds. The summed E-state index contributed by atoms with van der Waals surface area (Å²) < 4.78 is 5.31. The van der Waals surface area contributed by atoms with Gasteiger partial charge in [0, 0.05) is 7.11 Å². The van der Waals surface area contributed by atoms with Crippen LogP contribution < -0.4 is 4.90 Å². The van der Waals surface area contributed by atoms with Crippen molar-refractivity contribution in [2.45, 2.75) is 12.5 Å². The second kappa shape index (κ2) is 3.73. The second-order valence-electron chi connectivity index (χ2n) is 3.71. The van der Waals surface area contributed by atoms with Crippen LogP contribution in [0, 0.1) is 0 Å². The Morgan fingerprint density at radius 2 is 2.00 bits per heavy atom. The Balaban J connectivity index is 2.16. The number of hydrogen-bond donors (Lipinski definition) is 0. The Morgan fingerprint density at radius 3 is 2.60 bits per heavy atom. The average Bonchev–Trinajstić information content (AvgIpc) is 2.17. The highest BCUT2D eigenvalue weighted by Gasteiger charge is 2.40. The van der Waals surface area contributed by atoms with E-state index in [4.69, 9.17) is 27.9 Å². The van der Waals surface area contributed by atoms with Crippen LogP contribution in [0.1, 0.15) is 6.92 Å². The predicted octanol–water partition coefficient (Wildman–Crippen LogP) is 1.40. The maximum atomic E-state index is 5.86. The normalized spacial score (nSPS) is 18.8. The summed E-state index contributed by atoms with van der Waals surface area (Å²) in [5.74, 6) is 0.561. The summed E-state index contributed by atoms with van der Waals surface area (Å²) in [6.07, 6.45) is 0. The van der Waals surface area contributed by atoms with E-state index in [2.05, 4.69) is 15.2 Å². The van der Waals surface area contributed by atoms with Crippen LogP contribution in [-0.4, -0.2) is 41.0 Å². The second-order valence-corrected chi connectivity index (χ2v) is 4.40. The van der Waals surface area contributed by atoms with Crippen molar-refractivity contribution >= 4 is 29.0 Å². The summed E-state index contributed by atoms with van der Waals surface area (Å²) in [5.41, 5.74) is -0.138. The highest BCUT2D eigenvalue weighted by molar-refractivity contribution is 6.32. The first-order valence-corrected chi connectivity index (χ1v) is 5.15. The summed E-state index contributed by atoms with van der Waals surface area (Å²) in [4.78, 5) is 5.98. The molecular formula is C8H10Cl2N4O. The Bertz CT molecular complexity index is 381. The first-order valence-electron chi connectivity index (χ1n) is 4.40. The van der Waals surface area contributed by atoms with Crippen LogP contribution in [0.15, 0.2) is 0 Å². The molecule has 7 heteroatoms. The first-order chi connectivity index (χ1) is 7.04. The monoisotopic (exact) mass is 248 g/mol. The molecule has 0 aliphatic carbocycles. The van der Waals surface area contributed by atoms with Gasteiger partial charge >= 0.3 is 0 Å². The fourth-order valence-electron chi connectivity index (χ4n) is 1.53. The van der Waals surface area contributed by atoms with Crippen molar-refractivity contribution in [3.05, 3.63) is 10.4 Å². The molecule has 0 atom stereocenters. The SMILES string of the molecule is COC1(C)CN(c2nc(Cl)nnc2Cl)C1. The summed E-state index contributed by atoms with van der Waals surface area (Å²) in [7, 11) is 1.68. The third kappa shape index (κ3) is 2.00. The van der Waals surface area contributed by atoms with Gasteiger partial charge in [-0.25, -0.2) is 0 Å². The third-order valence-electron chi connectivity index (χ3n) is 2.45. The smallest absolute Gasteiger partial charge is 0.245 e. The summed E-state index contributed by atoms with van der Waals surface area (Å²) in [6.45, 7) is 3.46. The molecule has 0 unspecified atom stereocenters. The fraction of sp³-hybridized carbons (Fsp3) is 0.625. The number of rotatable bonds is 2. The molecule has 2 rings (SSSR count). The van der Waals surface area contributed by atoms with Crippen molar-refractivity contribution in [1.29, 1.82) is 0 Å². The van der Waals surface area contributed by atoms with E-state index in [1.807, 2.05) is 11.8 Å². The quantitative estimate of drug-likeness (QED) is 0.793. The maximum Gasteiger partial charge on any atom is 0.245 e. The van der Waals surface area contributed by atoms with Crippen LogP contribution in [-0.2, 0) is 4.74 Å². The maximum absolute atomic E-state index is 5.86. The minimum atomic E-state index is -0.138. The molecule has 0 saturated carbocycles. The molecule has 5 nitrogen and oxygen atoms in total. The molecule has 0 aromatic carbocycles. The van der Waals surface area contributed by atoms with Crippen molar-refractivity contribution in [2.24, 2.45) is 0 Å². The zero-order valence-corrected chi connectivity index (χ0v) is 9.88. The summed E-state index contributed by atoms with van der Waals surface area (Å²) in [5, 5.41) is 7.60. The van der Waals surface area contributed by atoms with Gasteiger partial charge in [-0.3, -0.25) is 0 Å². The van der Waals surface area contributed by atoms with E-state index in [1.165, 1.54) is 0 Å². The largest absolute Gasteiger partial charge is 0.375 e.